The molecule has 1 aromatic rings. The first-order valence-corrected chi connectivity index (χ1v) is 9.36. The molecule has 1 amide bonds. The normalized spacial score (nSPS) is 11.4. The number of methoxy groups -OCH3 is 1. The number of rotatable bonds is 7. The van der Waals surface area contributed by atoms with Crippen molar-refractivity contribution in [1.29, 1.82) is 0 Å². The standard InChI is InChI=1S/C20H31N3O6/c1-19(2,3)28-15(24)9-8-12-21-14-11-10-13(17(25)27-7)16(22-14)23-18(26)29-20(4,5)6/h10-11H,8-9,12H2,1-7H3,(H2,21,22,23,26). The van der Waals surface area contributed by atoms with Crippen LogP contribution in [0.15, 0.2) is 12.1 Å². The Kier molecular flexibility index (Phi) is 8.42. The molecular weight excluding hydrogens is 378 g/mol. The van der Waals surface area contributed by atoms with Gasteiger partial charge in [-0.3, -0.25) is 10.1 Å². The van der Waals surface area contributed by atoms with Crippen molar-refractivity contribution in [1.82, 2.24) is 4.98 Å². The molecule has 162 valence electrons. The summed E-state index contributed by atoms with van der Waals surface area (Å²) >= 11 is 0. The van der Waals surface area contributed by atoms with E-state index in [1.165, 1.54) is 13.2 Å². The van der Waals surface area contributed by atoms with E-state index in [0.29, 0.717) is 18.8 Å². The summed E-state index contributed by atoms with van der Waals surface area (Å²) in [6.07, 6.45) is 0.0507. The highest BCUT2D eigenvalue weighted by molar-refractivity contribution is 5.98. The van der Waals surface area contributed by atoms with Gasteiger partial charge in [0.1, 0.15) is 22.6 Å². The highest BCUT2D eigenvalue weighted by Crippen LogP contribution is 2.19. The Morgan fingerprint density at radius 1 is 1.00 bits per heavy atom. The van der Waals surface area contributed by atoms with Crippen molar-refractivity contribution in [2.75, 3.05) is 24.3 Å². The highest BCUT2D eigenvalue weighted by Gasteiger charge is 2.21. The number of nitrogens with zero attached hydrogens (tertiary/aromatic N) is 1. The second kappa shape index (κ2) is 10.1. The van der Waals surface area contributed by atoms with Crippen molar-refractivity contribution < 1.29 is 28.6 Å². The summed E-state index contributed by atoms with van der Waals surface area (Å²) in [5, 5.41) is 5.52. The van der Waals surface area contributed by atoms with Crippen molar-refractivity contribution in [3.8, 4) is 0 Å². The molecule has 9 heteroatoms. The van der Waals surface area contributed by atoms with Gasteiger partial charge in [-0.15, -0.1) is 0 Å². The monoisotopic (exact) mass is 409 g/mol. The van der Waals surface area contributed by atoms with E-state index in [0.717, 1.165) is 0 Å². The number of carbonyl (C=O) groups excluding carboxylic acids is 3. The molecule has 0 bridgehead atoms. The molecule has 0 radical (unpaired) electrons. The lowest BCUT2D eigenvalue weighted by Gasteiger charge is -2.20. The van der Waals surface area contributed by atoms with E-state index in [-0.39, 0.29) is 23.8 Å². The van der Waals surface area contributed by atoms with Crippen LogP contribution in [0.5, 0.6) is 0 Å². The SMILES string of the molecule is COC(=O)c1ccc(NCCCC(=O)OC(C)(C)C)nc1NC(=O)OC(C)(C)C. The van der Waals surface area contributed by atoms with Crippen molar-refractivity contribution in [3.05, 3.63) is 17.7 Å². The lowest BCUT2D eigenvalue weighted by Crippen LogP contribution is -2.28. The summed E-state index contributed by atoms with van der Waals surface area (Å²) in [7, 11) is 1.24. The van der Waals surface area contributed by atoms with Crippen molar-refractivity contribution in [2.45, 2.75) is 65.6 Å². The molecule has 0 aromatic carbocycles. The molecule has 1 heterocycles. The minimum atomic E-state index is -0.739. The minimum Gasteiger partial charge on any atom is -0.465 e. The molecule has 9 nitrogen and oxygen atoms in total. The van der Waals surface area contributed by atoms with Crippen LogP contribution in [0, 0.1) is 0 Å². The molecular formula is C20H31N3O6. The lowest BCUT2D eigenvalue weighted by atomic mass is 10.2. The fraction of sp³-hybridized carbons (Fsp3) is 0.600. The first-order chi connectivity index (χ1) is 13.3. The van der Waals surface area contributed by atoms with Crippen LogP contribution >= 0.6 is 0 Å². The van der Waals surface area contributed by atoms with Crippen molar-refractivity contribution >= 4 is 29.7 Å². The Bertz CT molecular complexity index is 735. The number of hydrogen-bond donors (Lipinski definition) is 2. The molecule has 0 fully saturated rings. The first kappa shape index (κ1) is 24.2. The molecule has 0 aliphatic carbocycles. The topological polar surface area (TPSA) is 116 Å². The van der Waals surface area contributed by atoms with E-state index in [9.17, 15) is 14.4 Å². The van der Waals surface area contributed by atoms with Gasteiger partial charge in [-0.05, 0) is 60.1 Å². The molecule has 0 saturated carbocycles. The van der Waals surface area contributed by atoms with Crippen LogP contribution in [0.4, 0.5) is 16.4 Å². The van der Waals surface area contributed by atoms with Gasteiger partial charge in [-0.25, -0.2) is 14.6 Å². The zero-order valence-corrected chi connectivity index (χ0v) is 18.2. The molecule has 29 heavy (non-hydrogen) atoms. The first-order valence-electron chi connectivity index (χ1n) is 9.36. The van der Waals surface area contributed by atoms with Gasteiger partial charge in [0.25, 0.3) is 0 Å². The Morgan fingerprint density at radius 2 is 1.62 bits per heavy atom. The van der Waals surface area contributed by atoms with Crippen LogP contribution in [0.25, 0.3) is 0 Å². The second-order valence-electron chi connectivity index (χ2n) is 8.33. The van der Waals surface area contributed by atoms with Gasteiger partial charge >= 0.3 is 18.0 Å². The number of amides is 1. The van der Waals surface area contributed by atoms with Crippen LogP contribution in [0.2, 0.25) is 0 Å². The molecule has 1 rings (SSSR count). The van der Waals surface area contributed by atoms with Gasteiger partial charge in [0.2, 0.25) is 0 Å². The summed E-state index contributed by atoms with van der Waals surface area (Å²) in [5.41, 5.74) is -1.12. The maximum absolute atomic E-state index is 12.1. The molecule has 2 N–H and O–H groups in total. The summed E-state index contributed by atoms with van der Waals surface area (Å²) in [6.45, 7) is 11.1. The van der Waals surface area contributed by atoms with Gasteiger partial charge < -0.3 is 19.5 Å². The predicted octanol–water partition coefficient (Wildman–Crippen LogP) is 3.75. The minimum absolute atomic E-state index is 0.0169. The van der Waals surface area contributed by atoms with Gasteiger partial charge in [0.05, 0.1) is 7.11 Å². The maximum atomic E-state index is 12.1. The number of pyridine rings is 1. The second-order valence-corrected chi connectivity index (χ2v) is 8.33. The largest absolute Gasteiger partial charge is 0.465 e. The van der Waals surface area contributed by atoms with E-state index in [1.807, 2.05) is 20.8 Å². The van der Waals surface area contributed by atoms with Crippen LogP contribution in [-0.2, 0) is 19.0 Å². The van der Waals surface area contributed by atoms with Gasteiger partial charge in [-0.1, -0.05) is 0 Å². The van der Waals surface area contributed by atoms with Crippen molar-refractivity contribution in [3.63, 3.8) is 0 Å². The van der Waals surface area contributed by atoms with Gasteiger partial charge in [0, 0.05) is 13.0 Å². The molecule has 0 unspecified atom stereocenters. The summed E-state index contributed by atoms with van der Waals surface area (Å²) in [4.78, 5) is 40.0. The number of ether oxygens (including phenoxy) is 3. The third-order valence-corrected chi connectivity index (χ3v) is 3.20. The number of aromatic nitrogens is 1. The van der Waals surface area contributed by atoms with E-state index < -0.39 is 23.3 Å². The zero-order valence-electron chi connectivity index (χ0n) is 18.2. The number of nitrogens with one attached hydrogen (secondary N) is 2. The predicted molar refractivity (Wildman–Crippen MR) is 109 cm³/mol. The van der Waals surface area contributed by atoms with Gasteiger partial charge in [0.15, 0.2) is 5.82 Å². The third-order valence-electron chi connectivity index (χ3n) is 3.20. The van der Waals surface area contributed by atoms with E-state index >= 15 is 0 Å². The Labute approximate surface area is 171 Å². The lowest BCUT2D eigenvalue weighted by molar-refractivity contribution is -0.154. The number of anilines is 2. The zero-order chi connectivity index (χ0) is 22.2. The number of hydrogen-bond acceptors (Lipinski definition) is 8. The van der Waals surface area contributed by atoms with E-state index in [2.05, 4.69) is 15.6 Å². The quantitative estimate of drug-likeness (QED) is 0.397. The maximum Gasteiger partial charge on any atom is 0.413 e. The average Bonchev–Trinajstić information content (AvgIpc) is 2.55. The smallest absolute Gasteiger partial charge is 0.413 e. The van der Waals surface area contributed by atoms with Crippen molar-refractivity contribution in [2.24, 2.45) is 0 Å². The molecule has 0 atom stereocenters. The molecule has 0 aliphatic rings. The Balaban J connectivity index is 2.76. The number of esters is 2. The summed E-state index contributed by atoms with van der Waals surface area (Å²) < 4.78 is 15.2. The third kappa shape index (κ3) is 9.77. The van der Waals surface area contributed by atoms with E-state index in [4.69, 9.17) is 14.2 Å². The van der Waals surface area contributed by atoms with Crippen LogP contribution in [0.3, 0.4) is 0 Å². The van der Waals surface area contributed by atoms with Crippen LogP contribution in [0.1, 0.15) is 64.7 Å². The highest BCUT2D eigenvalue weighted by atomic mass is 16.6. The molecule has 1 aromatic heterocycles. The number of carbonyl (C=O) groups is 3. The van der Waals surface area contributed by atoms with Crippen LogP contribution in [-0.4, -0.2) is 47.9 Å². The van der Waals surface area contributed by atoms with Gasteiger partial charge in [-0.2, -0.15) is 0 Å². The Morgan fingerprint density at radius 3 is 2.17 bits per heavy atom. The molecule has 0 aliphatic heterocycles. The summed E-state index contributed by atoms with van der Waals surface area (Å²) in [6, 6.07) is 3.07. The fourth-order valence-electron chi connectivity index (χ4n) is 2.17. The van der Waals surface area contributed by atoms with E-state index in [1.54, 1.807) is 26.8 Å². The summed E-state index contributed by atoms with van der Waals surface area (Å²) in [5.74, 6) is -0.475. The molecule has 0 saturated heterocycles. The van der Waals surface area contributed by atoms with Crippen LogP contribution < -0.4 is 10.6 Å². The Hall–Kier alpha value is -2.84. The fourth-order valence-corrected chi connectivity index (χ4v) is 2.17. The average molecular weight is 409 g/mol. The molecule has 0 spiro atoms.